The lowest BCUT2D eigenvalue weighted by Gasteiger charge is -2.20. The highest BCUT2D eigenvalue weighted by Gasteiger charge is 2.42. The summed E-state index contributed by atoms with van der Waals surface area (Å²) in [6, 6.07) is 1.46. The van der Waals surface area contributed by atoms with Crippen LogP contribution in [0.3, 0.4) is 0 Å². The Labute approximate surface area is 110 Å². The van der Waals surface area contributed by atoms with Gasteiger partial charge in [0.05, 0.1) is 10.2 Å². The second-order valence-corrected chi connectivity index (χ2v) is 4.46. The second-order valence-electron chi connectivity index (χ2n) is 4.46. The minimum Gasteiger partial charge on any atom is -0.383 e. The van der Waals surface area contributed by atoms with Crippen LogP contribution in [0.2, 0.25) is 0 Å². The van der Waals surface area contributed by atoms with Crippen LogP contribution in [-0.4, -0.2) is 28.8 Å². The second kappa shape index (κ2) is 5.07. The number of nitrogens with two attached hydrogens (primary N) is 1. The van der Waals surface area contributed by atoms with Gasteiger partial charge in [0.25, 0.3) is 0 Å². The maximum Gasteiger partial charge on any atom is 0.351 e. The van der Waals surface area contributed by atoms with E-state index in [2.05, 4.69) is 4.98 Å². The molecule has 0 spiro atoms. The number of rotatable bonds is 3. The molecule has 1 aliphatic heterocycles. The molecule has 100 valence electrons. The van der Waals surface area contributed by atoms with Crippen LogP contribution in [0.5, 0.6) is 0 Å². The van der Waals surface area contributed by atoms with Crippen LogP contribution in [0.15, 0.2) is 17.1 Å². The van der Waals surface area contributed by atoms with Gasteiger partial charge in [-0.2, -0.15) is 4.98 Å². The molecule has 0 radical (unpaired) electrons. The van der Waals surface area contributed by atoms with Gasteiger partial charge in [0, 0.05) is 19.2 Å². The Balaban J connectivity index is 2.36. The smallest absolute Gasteiger partial charge is 0.351 e. The third-order valence-electron chi connectivity index (χ3n) is 3.36. The van der Waals surface area contributed by atoms with E-state index in [1.807, 2.05) is 13.8 Å². The zero-order valence-electron chi connectivity index (χ0n) is 13.4. The fraction of sp³-hybridized carbons (Fsp3) is 0.667. The van der Waals surface area contributed by atoms with Crippen LogP contribution in [0.1, 0.15) is 30.6 Å². The Morgan fingerprint density at radius 2 is 2.50 bits per heavy atom. The van der Waals surface area contributed by atoms with Gasteiger partial charge in [0.15, 0.2) is 6.23 Å². The third kappa shape index (κ3) is 2.13. The first kappa shape index (κ1) is 9.52. The molecule has 0 unspecified atom stereocenters. The minimum atomic E-state index is -2.56. The Kier molecular flexibility index (Phi) is 2.68. The highest BCUT2D eigenvalue weighted by Crippen LogP contribution is 2.36. The van der Waals surface area contributed by atoms with Gasteiger partial charge in [-0.05, 0) is 12.5 Å². The van der Waals surface area contributed by atoms with Crippen molar-refractivity contribution in [3.8, 4) is 0 Å². The van der Waals surface area contributed by atoms with Gasteiger partial charge in [0.1, 0.15) is 11.9 Å². The van der Waals surface area contributed by atoms with E-state index >= 15 is 0 Å². The molecule has 2 heterocycles. The minimum absolute atomic E-state index is 0.0997. The first-order valence-electron chi connectivity index (χ1n) is 7.41. The van der Waals surface area contributed by atoms with E-state index in [4.69, 9.17) is 19.3 Å². The Hall–Kier alpha value is -1.40. The molecule has 6 nitrogen and oxygen atoms in total. The summed E-state index contributed by atoms with van der Waals surface area (Å²) in [6.07, 6.45) is 0.356. The molecule has 0 aromatic carbocycles. The average Bonchev–Trinajstić information content (AvgIpc) is 2.65. The standard InChI is InChI=1S/C12H19N3O3/c1-4-8-7(2)10(17-3)11(18-8)15-6-5-9(13)14-12(15)16/h5-8,10-11H,4H2,1-3H3,(H2,13,14,16)/t7-,8-,10-,11-/m1/s1/i3D3. The third-order valence-corrected chi connectivity index (χ3v) is 3.36. The van der Waals surface area contributed by atoms with Gasteiger partial charge in [-0.25, -0.2) is 4.79 Å². The highest BCUT2D eigenvalue weighted by atomic mass is 16.6. The maximum atomic E-state index is 11.9. The largest absolute Gasteiger partial charge is 0.383 e. The van der Waals surface area contributed by atoms with Crippen molar-refractivity contribution < 1.29 is 13.6 Å². The molecule has 0 aliphatic carbocycles. The SMILES string of the molecule is [2H]C([2H])([2H])O[C@@H]1[C@H](C)[C@@H](CC)O[C@H]1n1ccc(N)nc1=O. The molecule has 1 aliphatic rings. The van der Waals surface area contributed by atoms with Gasteiger partial charge in [-0.15, -0.1) is 0 Å². The fourth-order valence-electron chi connectivity index (χ4n) is 2.33. The Bertz CT molecular complexity index is 561. The summed E-state index contributed by atoms with van der Waals surface area (Å²) in [5.74, 6) is -0.0625. The predicted molar refractivity (Wildman–Crippen MR) is 67.1 cm³/mol. The molecule has 4 atom stereocenters. The van der Waals surface area contributed by atoms with Crippen LogP contribution in [0.25, 0.3) is 0 Å². The van der Waals surface area contributed by atoms with Crippen molar-refractivity contribution in [3.63, 3.8) is 0 Å². The molecule has 1 aromatic heterocycles. The van der Waals surface area contributed by atoms with Crippen LogP contribution in [-0.2, 0) is 9.47 Å². The van der Waals surface area contributed by atoms with Gasteiger partial charge in [-0.1, -0.05) is 13.8 Å². The Morgan fingerprint density at radius 1 is 1.72 bits per heavy atom. The number of hydrogen-bond acceptors (Lipinski definition) is 5. The maximum absolute atomic E-state index is 11.9. The van der Waals surface area contributed by atoms with E-state index in [-0.39, 0.29) is 17.8 Å². The molecule has 1 saturated heterocycles. The first-order chi connectivity index (χ1) is 9.73. The zero-order valence-corrected chi connectivity index (χ0v) is 10.4. The fourth-order valence-corrected chi connectivity index (χ4v) is 2.33. The summed E-state index contributed by atoms with van der Waals surface area (Å²) in [6.45, 7) is 3.78. The summed E-state index contributed by atoms with van der Waals surface area (Å²) in [7, 11) is -2.56. The molecule has 6 heteroatoms. The normalized spacial score (nSPS) is 34.9. The van der Waals surface area contributed by atoms with Crippen molar-refractivity contribution >= 4 is 5.82 Å². The van der Waals surface area contributed by atoms with E-state index < -0.39 is 25.1 Å². The number of anilines is 1. The summed E-state index contributed by atoms with van der Waals surface area (Å²) in [4.78, 5) is 15.6. The molecular formula is C12H19N3O3. The molecule has 1 aromatic rings. The van der Waals surface area contributed by atoms with Crippen molar-refractivity contribution in [2.45, 2.75) is 38.7 Å². The lowest BCUT2D eigenvalue weighted by atomic mass is 9.98. The van der Waals surface area contributed by atoms with E-state index in [1.54, 1.807) is 0 Å². The van der Waals surface area contributed by atoms with Crippen molar-refractivity contribution in [2.75, 3.05) is 12.8 Å². The highest BCUT2D eigenvalue weighted by molar-refractivity contribution is 5.23. The quantitative estimate of drug-likeness (QED) is 0.864. The molecule has 2 N–H and O–H groups in total. The average molecular weight is 256 g/mol. The van der Waals surface area contributed by atoms with Gasteiger partial charge in [-0.3, -0.25) is 4.57 Å². The van der Waals surface area contributed by atoms with E-state index in [9.17, 15) is 4.79 Å². The van der Waals surface area contributed by atoms with Crippen molar-refractivity contribution in [2.24, 2.45) is 5.92 Å². The summed E-state index contributed by atoms with van der Waals surface area (Å²) in [5, 5.41) is 0. The van der Waals surface area contributed by atoms with Crippen molar-refractivity contribution in [1.82, 2.24) is 9.55 Å². The summed E-state index contributed by atoms with van der Waals surface area (Å²) < 4.78 is 34.0. The molecule has 18 heavy (non-hydrogen) atoms. The van der Waals surface area contributed by atoms with Gasteiger partial charge in [0.2, 0.25) is 0 Å². The topological polar surface area (TPSA) is 79.4 Å². The monoisotopic (exact) mass is 256 g/mol. The molecule has 0 amide bonds. The van der Waals surface area contributed by atoms with Crippen LogP contribution >= 0.6 is 0 Å². The zero-order chi connectivity index (χ0) is 15.8. The van der Waals surface area contributed by atoms with Crippen molar-refractivity contribution in [3.05, 3.63) is 22.7 Å². The number of hydrogen-bond donors (Lipinski definition) is 1. The Morgan fingerprint density at radius 3 is 3.11 bits per heavy atom. The first-order valence-corrected chi connectivity index (χ1v) is 5.91. The molecule has 0 saturated carbocycles. The van der Waals surface area contributed by atoms with Crippen LogP contribution in [0, 0.1) is 5.92 Å². The number of aromatic nitrogens is 2. The van der Waals surface area contributed by atoms with Crippen LogP contribution in [0.4, 0.5) is 5.82 Å². The summed E-state index contributed by atoms with van der Waals surface area (Å²) >= 11 is 0. The van der Waals surface area contributed by atoms with Gasteiger partial charge >= 0.3 is 5.69 Å². The van der Waals surface area contributed by atoms with Gasteiger partial charge < -0.3 is 15.2 Å². The number of nitrogens with zero attached hydrogens (tertiary/aromatic N) is 2. The number of methoxy groups -OCH3 is 1. The molecular weight excluding hydrogens is 234 g/mol. The van der Waals surface area contributed by atoms with Crippen LogP contribution < -0.4 is 11.4 Å². The molecule has 1 fully saturated rings. The van der Waals surface area contributed by atoms with E-state index in [1.165, 1.54) is 16.8 Å². The molecule has 0 bridgehead atoms. The molecule has 2 rings (SSSR count). The lowest BCUT2D eigenvalue weighted by molar-refractivity contribution is -0.0529. The number of ether oxygens (including phenoxy) is 2. The van der Waals surface area contributed by atoms with E-state index in [0.29, 0.717) is 6.42 Å². The summed E-state index contributed by atoms with van der Waals surface area (Å²) in [5.41, 5.74) is 4.86. The lowest BCUT2D eigenvalue weighted by Crippen LogP contribution is -2.34. The van der Waals surface area contributed by atoms with Crippen molar-refractivity contribution in [1.29, 1.82) is 0 Å². The van der Waals surface area contributed by atoms with E-state index in [0.717, 1.165) is 0 Å². The predicted octanol–water partition coefficient (Wildman–Crippen LogP) is 0.784. The number of nitrogen functional groups attached to an aromatic ring is 1.